The van der Waals surface area contributed by atoms with Crippen molar-refractivity contribution in [2.24, 2.45) is 0 Å². The highest BCUT2D eigenvalue weighted by Crippen LogP contribution is 2.34. The molecule has 2 N–H and O–H groups in total. The van der Waals surface area contributed by atoms with Crippen LogP contribution in [-0.4, -0.2) is 0 Å². The molecule has 0 fully saturated rings. The van der Waals surface area contributed by atoms with Crippen molar-refractivity contribution in [3.8, 4) is 12.1 Å². The molecule has 0 aromatic heterocycles. The Morgan fingerprint density at radius 1 is 0.583 bits per heavy atom. The average Bonchev–Trinajstić information content (AvgIpc) is 2.64. The zero-order valence-electron chi connectivity index (χ0n) is 12.8. The SMILES string of the molecule is N#Cc1ccc(N(c2ccc(N)cc2)c2ccc(C#N)cc2)cc1. The molecule has 4 heteroatoms. The van der Waals surface area contributed by atoms with E-state index in [9.17, 15) is 0 Å². The Bertz CT molecular complexity index is 854. The summed E-state index contributed by atoms with van der Waals surface area (Å²) in [6.45, 7) is 0. The molecule has 0 bridgehead atoms. The lowest BCUT2D eigenvalue weighted by Crippen LogP contribution is -2.10. The maximum absolute atomic E-state index is 8.98. The van der Waals surface area contributed by atoms with Gasteiger partial charge < -0.3 is 10.6 Å². The van der Waals surface area contributed by atoms with Gasteiger partial charge in [-0.3, -0.25) is 0 Å². The van der Waals surface area contributed by atoms with Gasteiger partial charge in [0.1, 0.15) is 0 Å². The molecule has 0 unspecified atom stereocenters. The maximum atomic E-state index is 8.98. The third-order valence-corrected chi connectivity index (χ3v) is 3.66. The molecule has 0 aliphatic carbocycles. The van der Waals surface area contributed by atoms with Gasteiger partial charge >= 0.3 is 0 Å². The molecule has 0 saturated heterocycles. The number of nitrogen functional groups attached to an aromatic ring is 1. The lowest BCUT2D eigenvalue weighted by Gasteiger charge is -2.25. The number of benzene rings is 3. The molecule has 3 aromatic carbocycles. The molecule has 114 valence electrons. The number of hydrogen-bond acceptors (Lipinski definition) is 4. The summed E-state index contributed by atoms with van der Waals surface area (Å²) in [7, 11) is 0. The van der Waals surface area contributed by atoms with Gasteiger partial charge in [-0.2, -0.15) is 10.5 Å². The van der Waals surface area contributed by atoms with Gasteiger partial charge in [0.2, 0.25) is 0 Å². The number of nitrogens with zero attached hydrogens (tertiary/aromatic N) is 3. The standard InChI is InChI=1S/C20H14N4/c21-13-15-1-7-18(8-2-15)24(20-11-5-17(23)6-12-20)19-9-3-16(14-22)4-10-19/h1-12H,23H2. The van der Waals surface area contributed by atoms with Crippen molar-refractivity contribution in [2.75, 3.05) is 10.6 Å². The fourth-order valence-corrected chi connectivity index (χ4v) is 2.44. The van der Waals surface area contributed by atoms with Crippen LogP contribution < -0.4 is 10.6 Å². The average molecular weight is 310 g/mol. The van der Waals surface area contributed by atoms with Crippen LogP contribution in [0.3, 0.4) is 0 Å². The second kappa shape index (κ2) is 6.56. The van der Waals surface area contributed by atoms with E-state index in [1.54, 1.807) is 24.3 Å². The summed E-state index contributed by atoms with van der Waals surface area (Å²) < 4.78 is 0. The van der Waals surface area contributed by atoms with Crippen molar-refractivity contribution < 1.29 is 0 Å². The fraction of sp³-hybridized carbons (Fsp3) is 0. The van der Waals surface area contributed by atoms with Crippen molar-refractivity contribution in [2.45, 2.75) is 0 Å². The Morgan fingerprint density at radius 2 is 0.917 bits per heavy atom. The molecule has 0 amide bonds. The van der Waals surface area contributed by atoms with Crippen LogP contribution in [0.15, 0.2) is 72.8 Å². The molecule has 0 aliphatic rings. The van der Waals surface area contributed by atoms with Gasteiger partial charge in [0.05, 0.1) is 23.3 Å². The van der Waals surface area contributed by atoms with E-state index in [4.69, 9.17) is 16.3 Å². The molecule has 0 atom stereocenters. The van der Waals surface area contributed by atoms with E-state index in [1.807, 2.05) is 53.4 Å². The van der Waals surface area contributed by atoms with Crippen LogP contribution in [0.5, 0.6) is 0 Å². The van der Waals surface area contributed by atoms with Crippen LogP contribution in [-0.2, 0) is 0 Å². The molecule has 0 spiro atoms. The summed E-state index contributed by atoms with van der Waals surface area (Å²) in [5, 5.41) is 18.0. The second-order valence-electron chi connectivity index (χ2n) is 5.24. The van der Waals surface area contributed by atoms with E-state index < -0.39 is 0 Å². The molecule has 3 aromatic rings. The van der Waals surface area contributed by atoms with Crippen LogP contribution in [0.4, 0.5) is 22.7 Å². The summed E-state index contributed by atoms with van der Waals surface area (Å²) in [5.41, 5.74) is 10.5. The first kappa shape index (κ1) is 15.1. The van der Waals surface area contributed by atoms with Crippen LogP contribution in [0.25, 0.3) is 0 Å². The Balaban J connectivity index is 2.10. The first-order chi connectivity index (χ1) is 11.7. The largest absolute Gasteiger partial charge is 0.399 e. The minimum Gasteiger partial charge on any atom is -0.399 e. The number of anilines is 4. The van der Waals surface area contributed by atoms with E-state index in [-0.39, 0.29) is 0 Å². The third-order valence-electron chi connectivity index (χ3n) is 3.66. The predicted molar refractivity (Wildman–Crippen MR) is 95.0 cm³/mol. The van der Waals surface area contributed by atoms with E-state index in [0.29, 0.717) is 16.8 Å². The van der Waals surface area contributed by atoms with Crippen LogP contribution >= 0.6 is 0 Å². The van der Waals surface area contributed by atoms with Crippen LogP contribution in [0.2, 0.25) is 0 Å². The molecular weight excluding hydrogens is 296 g/mol. The van der Waals surface area contributed by atoms with Crippen LogP contribution in [0, 0.1) is 22.7 Å². The number of nitriles is 2. The highest BCUT2D eigenvalue weighted by Gasteiger charge is 2.12. The normalized spacial score (nSPS) is 9.75. The van der Waals surface area contributed by atoms with Crippen molar-refractivity contribution in [1.82, 2.24) is 0 Å². The van der Waals surface area contributed by atoms with Gasteiger partial charge in [-0.05, 0) is 72.8 Å². The topological polar surface area (TPSA) is 76.8 Å². The van der Waals surface area contributed by atoms with Gasteiger partial charge in [0.15, 0.2) is 0 Å². The Labute approximate surface area is 140 Å². The zero-order chi connectivity index (χ0) is 16.9. The minimum absolute atomic E-state index is 0.607. The van der Waals surface area contributed by atoms with Crippen molar-refractivity contribution in [1.29, 1.82) is 10.5 Å². The summed E-state index contributed by atoms with van der Waals surface area (Å²) in [5.74, 6) is 0. The van der Waals surface area contributed by atoms with Gasteiger partial charge in [0, 0.05) is 22.7 Å². The molecule has 0 saturated carbocycles. The van der Waals surface area contributed by atoms with Crippen LogP contribution in [0.1, 0.15) is 11.1 Å². The summed E-state index contributed by atoms with van der Waals surface area (Å²) in [4.78, 5) is 2.04. The summed E-state index contributed by atoms with van der Waals surface area (Å²) in [6, 6.07) is 26.5. The van der Waals surface area contributed by atoms with Gasteiger partial charge in [-0.15, -0.1) is 0 Å². The minimum atomic E-state index is 0.607. The van der Waals surface area contributed by atoms with E-state index in [2.05, 4.69) is 12.1 Å². The second-order valence-corrected chi connectivity index (χ2v) is 5.24. The fourth-order valence-electron chi connectivity index (χ4n) is 2.44. The zero-order valence-corrected chi connectivity index (χ0v) is 12.8. The van der Waals surface area contributed by atoms with Gasteiger partial charge in [-0.1, -0.05) is 0 Å². The Morgan fingerprint density at radius 3 is 1.25 bits per heavy atom. The highest BCUT2D eigenvalue weighted by atomic mass is 15.1. The lowest BCUT2D eigenvalue weighted by atomic mass is 10.1. The van der Waals surface area contributed by atoms with Gasteiger partial charge in [-0.25, -0.2) is 0 Å². The monoisotopic (exact) mass is 310 g/mol. The quantitative estimate of drug-likeness (QED) is 0.723. The number of hydrogen-bond donors (Lipinski definition) is 1. The first-order valence-corrected chi connectivity index (χ1v) is 7.37. The van der Waals surface area contributed by atoms with E-state index in [1.165, 1.54) is 0 Å². The molecule has 0 aliphatic heterocycles. The maximum Gasteiger partial charge on any atom is 0.0991 e. The molecule has 3 rings (SSSR count). The Hall–Kier alpha value is -3.76. The van der Waals surface area contributed by atoms with E-state index in [0.717, 1.165) is 17.1 Å². The lowest BCUT2D eigenvalue weighted by molar-refractivity contribution is 1.28. The molecule has 4 nitrogen and oxygen atoms in total. The molecule has 0 radical (unpaired) electrons. The molecular formula is C20H14N4. The summed E-state index contributed by atoms with van der Waals surface area (Å²) >= 11 is 0. The van der Waals surface area contributed by atoms with Crippen molar-refractivity contribution in [3.05, 3.63) is 83.9 Å². The molecule has 0 heterocycles. The van der Waals surface area contributed by atoms with E-state index >= 15 is 0 Å². The number of rotatable bonds is 3. The third kappa shape index (κ3) is 3.04. The summed E-state index contributed by atoms with van der Waals surface area (Å²) in [6.07, 6.45) is 0. The molecule has 24 heavy (non-hydrogen) atoms. The van der Waals surface area contributed by atoms with Gasteiger partial charge in [0.25, 0.3) is 0 Å². The highest BCUT2D eigenvalue weighted by molar-refractivity contribution is 5.77. The Kier molecular flexibility index (Phi) is 4.14. The van der Waals surface area contributed by atoms with Crippen molar-refractivity contribution in [3.63, 3.8) is 0 Å². The predicted octanol–water partition coefficient (Wildman–Crippen LogP) is 4.48. The number of nitrogens with two attached hydrogens (primary N) is 1. The first-order valence-electron chi connectivity index (χ1n) is 7.37. The van der Waals surface area contributed by atoms with Crippen molar-refractivity contribution >= 4 is 22.7 Å². The smallest absolute Gasteiger partial charge is 0.0991 e.